The van der Waals surface area contributed by atoms with Gasteiger partial charge in [0.1, 0.15) is 11.5 Å². The lowest BCUT2D eigenvalue weighted by Gasteiger charge is -2.12. The average Bonchev–Trinajstić information content (AvgIpc) is 2.96. The minimum atomic E-state index is -0.0671. The summed E-state index contributed by atoms with van der Waals surface area (Å²) in [5.74, 6) is 1.43. The number of hydrogen-bond donors (Lipinski definition) is 0. The van der Waals surface area contributed by atoms with Crippen molar-refractivity contribution < 1.29 is 9.21 Å². The number of halogens is 1. The van der Waals surface area contributed by atoms with E-state index in [1.165, 1.54) is 6.08 Å². The molecular weight excluding hydrogens is 298 g/mol. The Morgan fingerprint density at radius 3 is 2.59 bits per heavy atom. The van der Waals surface area contributed by atoms with E-state index in [4.69, 9.17) is 16.0 Å². The van der Waals surface area contributed by atoms with Crippen molar-refractivity contribution in [3.05, 3.63) is 71.5 Å². The molecular formula is C18H18ClNO2. The maximum absolute atomic E-state index is 11.9. The van der Waals surface area contributed by atoms with Crippen LogP contribution in [0.4, 0.5) is 0 Å². The van der Waals surface area contributed by atoms with Crippen molar-refractivity contribution in [3.63, 3.8) is 0 Å². The molecule has 0 saturated heterocycles. The Bertz CT molecular complexity index is 683. The molecule has 0 fully saturated rings. The third kappa shape index (κ3) is 4.37. The highest BCUT2D eigenvalue weighted by Gasteiger charge is 2.10. The first-order valence-electron chi connectivity index (χ1n) is 6.99. The number of furan rings is 1. The number of carbonyl (C=O) groups excluding carboxylic acids is 1. The van der Waals surface area contributed by atoms with Crippen LogP contribution in [0.1, 0.15) is 12.7 Å². The Hall–Kier alpha value is -2.26. The van der Waals surface area contributed by atoms with Gasteiger partial charge in [-0.25, -0.2) is 0 Å². The first-order valence-corrected chi connectivity index (χ1v) is 7.37. The fourth-order valence-electron chi connectivity index (χ4n) is 1.92. The van der Waals surface area contributed by atoms with Gasteiger partial charge in [0.05, 0.1) is 6.54 Å². The molecule has 22 heavy (non-hydrogen) atoms. The standard InChI is InChI=1S/C18H18ClNO2/c1-3-4-5-6-18(21)20(2)13-16-11-12-17(22-16)14-7-9-15(19)10-8-14/h3-12H,13H2,1-2H3/b4-3+,6-5+. The van der Waals surface area contributed by atoms with Crippen molar-refractivity contribution in [2.75, 3.05) is 7.05 Å². The highest BCUT2D eigenvalue weighted by Crippen LogP contribution is 2.24. The summed E-state index contributed by atoms with van der Waals surface area (Å²) in [5, 5.41) is 0.689. The van der Waals surface area contributed by atoms with Crippen LogP contribution in [0.5, 0.6) is 0 Å². The number of allylic oxidation sites excluding steroid dienone is 3. The van der Waals surface area contributed by atoms with Crippen LogP contribution in [0.2, 0.25) is 5.02 Å². The Balaban J connectivity index is 2.02. The molecule has 2 rings (SSSR count). The average molecular weight is 316 g/mol. The van der Waals surface area contributed by atoms with E-state index in [0.29, 0.717) is 11.6 Å². The van der Waals surface area contributed by atoms with Gasteiger partial charge in [0.15, 0.2) is 0 Å². The number of benzene rings is 1. The second-order valence-electron chi connectivity index (χ2n) is 4.85. The van der Waals surface area contributed by atoms with Crippen LogP contribution in [0.15, 0.2) is 65.1 Å². The number of hydrogen-bond acceptors (Lipinski definition) is 2. The summed E-state index contributed by atoms with van der Waals surface area (Å²) in [5.41, 5.74) is 0.956. The first kappa shape index (κ1) is 16.1. The third-order valence-electron chi connectivity index (χ3n) is 3.10. The van der Waals surface area contributed by atoms with E-state index in [0.717, 1.165) is 17.1 Å². The molecule has 0 bridgehead atoms. The molecule has 1 amide bonds. The Kier molecular flexibility index (Phi) is 5.61. The highest BCUT2D eigenvalue weighted by atomic mass is 35.5. The molecule has 3 nitrogen and oxygen atoms in total. The summed E-state index contributed by atoms with van der Waals surface area (Å²) in [6.07, 6.45) is 6.94. The van der Waals surface area contributed by atoms with Crippen LogP contribution in [-0.4, -0.2) is 17.9 Å². The van der Waals surface area contributed by atoms with Gasteiger partial charge < -0.3 is 9.32 Å². The number of carbonyl (C=O) groups is 1. The molecule has 0 aliphatic rings. The molecule has 1 aromatic carbocycles. The molecule has 0 N–H and O–H groups in total. The van der Waals surface area contributed by atoms with E-state index >= 15 is 0 Å². The van der Waals surface area contributed by atoms with Gasteiger partial charge in [-0.15, -0.1) is 0 Å². The predicted molar refractivity (Wildman–Crippen MR) is 89.6 cm³/mol. The van der Waals surface area contributed by atoms with Gasteiger partial charge in [-0.05, 0) is 43.3 Å². The summed E-state index contributed by atoms with van der Waals surface area (Å²) in [6.45, 7) is 2.33. The molecule has 1 aromatic heterocycles. The van der Waals surface area contributed by atoms with Gasteiger partial charge in [-0.2, -0.15) is 0 Å². The van der Waals surface area contributed by atoms with E-state index in [2.05, 4.69) is 0 Å². The lowest BCUT2D eigenvalue weighted by Crippen LogP contribution is -2.23. The number of likely N-dealkylation sites (N-methyl/N-ethyl adjacent to an activating group) is 1. The number of rotatable bonds is 5. The molecule has 0 aliphatic carbocycles. The van der Waals surface area contributed by atoms with E-state index in [9.17, 15) is 4.79 Å². The van der Waals surface area contributed by atoms with Crippen molar-refractivity contribution in [2.45, 2.75) is 13.5 Å². The molecule has 0 spiro atoms. The van der Waals surface area contributed by atoms with Crippen LogP contribution in [0, 0.1) is 0 Å². The largest absolute Gasteiger partial charge is 0.459 e. The first-order chi connectivity index (χ1) is 10.6. The topological polar surface area (TPSA) is 33.5 Å². The van der Waals surface area contributed by atoms with Gasteiger partial charge in [-0.1, -0.05) is 29.8 Å². The second kappa shape index (κ2) is 7.66. The van der Waals surface area contributed by atoms with Crippen LogP contribution in [0.3, 0.4) is 0 Å². The Morgan fingerprint density at radius 2 is 1.91 bits per heavy atom. The molecule has 1 heterocycles. The zero-order valence-corrected chi connectivity index (χ0v) is 13.4. The van der Waals surface area contributed by atoms with Crippen molar-refractivity contribution >= 4 is 17.5 Å². The van der Waals surface area contributed by atoms with Crippen LogP contribution >= 0.6 is 11.6 Å². The fourth-order valence-corrected chi connectivity index (χ4v) is 2.05. The predicted octanol–water partition coefficient (Wildman–Crippen LogP) is 4.69. The Morgan fingerprint density at radius 1 is 1.18 bits per heavy atom. The molecule has 0 atom stereocenters. The normalized spacial score (nSPS) is 11.4. The smallest absolute Gasteiger partial charge is 0.246 e. The lowest BCUT2D eigenvalue weighted by atomic mass is 10.2. The molecule has 0 saturated carbocycles. The summed E-state index contributed by atoms with van der Waals surface area (Å²) >= 11 is 5.87. The van der Waals surface area contributed by atoms with Crippen LogP contribution in [0.25, 0.3) is 11.3 Å². The zero-order valence-electron chi connectivity index (χ0n) is 12.6. The van der Waals surface area contributed by atoms with E-state index < -0.39 is 0 Å². The highest BCUT2D eigenvalue weighted by molar-refractivity contribution is 6.30. The molecule has 4 heteroatoms. The molecule has 0 radical (unpaired) electrons. The van der Waals surface area contributed by atoms with Crippen molar-refractivity contribution in [1.82, 2.24) is 4.90 Å². The van der Waals surface area contributed by atoms with Gasteiger partial charge in [-0.3, -0.25) is 4.79 Å². The van der Waals surface area contributed by atoms with Crippen LogP contribution < -0.4 is 0 Å². The minimum absolute atomic E-state index is 0.0671. The van der Waals surface area contributed by atoms with E-state index in [1.54, 1.807) is 18.0 Å². The maximum Gasteiger partial charge on any atom is 0.246 e. The molecule has 114 valence electrons. The summed E-state index contributed by atoms with van der Waals surface area (Å²) in [4.78, 5) is 13.5. The van der Waals surface area contributed by atoms with Crippen molar-refractivity contribution in [3.8, 4) is 11.3 Å². The summed E-state index contributed by atoms with van der Waals surface area (Å²) in [6, 6.07) is 11.2. The monoisotopic (exact) mass is 315 g/mol. The van der Waals surface area contributed by atoms with Gasteiger partial charge in [0.25, 0.3) is 0 Å². The number of amides is 1. The quantitative estimate of drug-likeness (QED) is 0.592. The van der Waals surface area contributed by atoms with Crippen molar-refractivity contribution in [2.24, 2.45) is 0 Å². The van der Waals surface area contributed by atoms with E-state index in [1.807, 2.05) is 55.5 Å². The van der Waals surface area contributed by atoms with Gasteiger partial charge in [0.2, 0.25) is 5.91 Å². The van der Waals surface area contributed by atoms with Gasteiger partial charge in [0, 0.05) is 23.7 Å². The molecule has 0 unspecified atom stereocenters. The van der Waals surface area contributed by atoms with E-state index in [-0.39, 0.29) is 5.91 Å². The fraction of sp³-hybridized carbons (Fsp3) is 0.167. The van der Waals surface area contributed by atoms with Crippen molar-refractivity contribution in [1.29, 1.82) is 0 Å². The van der Waals surface area contributed by atoms with Gasteiger partial charge >= 0.3 is 0 Å². The minimum Gasteiger partial charge on any atom is -0.459 e. The summed E-state index contributed by atoms with van der Waals surface area (Å²) < 4.78 is 5.78. The van der Waals surface area contributed by atoms with Crippen LogP contribution in [-0.2, 0) is 11.3 Å². The second-order valence-corrected chi connectivity index (χ2v) is 5.29. The SMILES string of the molecule is C/C=C/C=C/C(=O)N(C)Cc1ccc(-c2ccc(Cl)cc2)o1. The molecule has 0 aliphatic heterocycles. The number of nitrogens with zero attached hydrogens (tertiary/aromatic N) is 1. The Labute approximate surface area is 135 Å². The zero-order chi connectivity index (χ0) is 15.9. The molecule has 2 aromatic rings. The lowest BCUT2D eigenvalue weighted by molar-refractivity contribution is -0.125. The summed E-state index contributed by atoms with van der Waals surface area (Å²) in [7, 11) is 1.74. The third-order valence-corrected chi connectivity index (χ3v) is 3.35. The maximum atomic E-state index is 11.9.